The molecule has 4 rings (SSSR count). The molecule has 0 spiro atoms. The van der Waals surface area contributed by atoms with Gasteiger partial charge in [0.2, 0.25) is 11.8 Å². The second-order valence-corrected chi connectivity index (χ2v) is 11.2. The molecule has 0 bridgehead atoms. The normalized spacial score (nSPS) is 14.3. The smallest absolute Gasteiger partial charge is 0.243 e. The predicted molar refractivity (Wildman–Crippen MR) is 154 cm³/mol. The molecule has 194 valence electrons. The van der Waals surface area contributed by atoms with Crippen LogP contribution in [0, 0.1) is 6.92 Å². The number of rotatable bonds is 11. The average molecular weight is 535 g/mol. The van der Waals surface area contributed by atoms with Crippen molar-refractivity contribution in [1.82, 2.24) is 10.2 Å². The maximum Gasteiger partial charge on any atom is 0.243 e. The molecule has 6 heteroatoms. The largest absolute Gasteiger partial charge is 0.352 e. The van der Waals surface area contributed by atoms with Crippen LogP contribution in [-0.2, 0) is 28.3 Å². The monoisotopic (exact) mass is 534 g/mol. The molecule has 1 aliphatic rings. The highest BCUT2D eigenvalue weighted by Gasteiger charge is 2.32. The Morgan fingerprint density at radius 1 is 0.919 bits per heavy atom. The summed E-state index contributed by atoms with van der Waals surface area (Å²) in [5.74, 6) is 0.957. The van der Waals surface area contributed by atoms with Crippen molar-refractivity contribution in [2.75, 3.05) is 5.75 Å². The molecule has 3 aromatic rings. The summed E-state index contributed by atoms with van der Waals surface area (Å²) >= 11 is 7.70. The van der Waals surface area contributed by atoms with Crippen LogP contribution in [-0.4, -0.2) is 34.6 Å². The number of hydrogen-bond acceptors (Lipinski definition) is 3. The van der Waals surface area contributed by atoms with Crippen molar-refractivity contribution in [2.24, 2.45) is 0 Å². The number of nitrogens with one attached hydrogen (secondary N) is 1. The first kappa shape index (κ1) is 27.3. The first-order chi connectivity index (χ1) is 18.0. The van der Waals surface area contributed by atoms with E-state index in [0.717, 1.165) is 42.6 Å². The van der Waals surface area contributed by atoms with Crippen LogP contribution in [0.5, 0.6) is 0 Å². The SMILES string of the molecule is Cc1ccc(CSCC(=O)N(Cc2ccc(Cl)cc2)[C@H](Cc2ccccc2)C(=O)NC2CCCC2)cc1. The van der Waals surface area contributed by atoms with E-state index in [0.29, 0.717) is 23.7 Å². The minimum absolute atomic E-state index is 0.0328. The van der Waals surface area contributed by atoms with Crippen molar-refractivity contribution in [3.63, 3.8) is 0 Å². The van der Waals surface area contributed by atoms with Gasteiger partial charge >= 0.3 is 0 Å². The Balaban J connectivity index is 1.55. The zero-order valence-electron chi connectivity index (χ0n) is 21.4. The minimum atomic E-state index is -0.592. The number of carbonyl (C=O) groups is 2. The molecule has 0 radical (unpaired) electrons. The highest BCUT2D eigenvalue weighted by atomic mass is 35.5. The number of nitrogens with zero attached hydrogens (tertiary/aromatic N) is 1. The topological polar surface area (TPSA) is 49.4 Å². The van der Waals surface area contributed by atoms with Crippen molar-refractivity contribution in [2.45, 2.75) is 63.4 Å². The number of aryl methyl sites for hydroxylation is 1. The summed E-state index contributed by atoms with van der Waals surface area (Å²) < 4.78 is 0. The van der Waals surface area contributed by atoms with Gasteiger partial charge in [0, 0.05) is 29.8 Å². The van der Waals surface area contributed by atoms with Crippen molar-refractivity contribution in [3.05, 3.63) is 106 Å². The predicted octanol–water partition coefficient (Wildman–Crippen LogP) is 6.58. The number of carbonyl (C=O) groups excluding carboxylic acids is 2. The summed E-state index contributed by atoms with van der Waals surface area (Å²) in [5, 5.41) is 3.90. The second-order valence-electron chi connectivity index (χ2n) is 9.82. The molecular formula is C31H35ClN2O2S. The van der Waals surface area contributed by atoms with Crippen LogP contribution < -0.4 is 5.32 Å². The maximum absolute atomic E-state index is 13.7. The molecule has 0 saturated heterocycles. The minimum Gasteiger partial charge on any atom is -0.352 e. The molecule has 1 aliphatic carbocycles. The fourth-order valence-electron chi connectivity index (χ4n) is 4.73. The van der Waals surface area contributed by atoms with E-state index in [1.54, 1.807) is 16.7 Å². The van der Waals surface area contributed by atoms with E-state index in [2.05, 4.69) is 36.5 Å². The zero-order valence-corrected chi connectivity index (χ0v) is 22.9. The van der Waals surface area contributed by atoms with Gasteiger partial charge in [-0.3, -0.25) is 9.59 Å². The van der Waals surface area contributed by atoms with Crippen molar-refractivity contribution in [1.29, 1.82) is 0 Å². The Kier molecular flexibility index (Phi) is 10.1. The molecule has 4 nitrogen and oxygen atoms in total. The Bertz CT molecular complexity index is 1150. The van der Waals surface area contributed by atoms with Crippen LogP contribution in [0.4, 0.5) is 0 Å². The summed E-state index contributed by atoms with van der Waals surface area (Å²) in [7, 11) is 0. The van der Waals surface area contributed by atoms with Crippen molar-refractivity contribution < 1.29 is 9.59 Å². The maximum atomic E-state index is 13.7. The van der Waals surface area contributed by atoms with Gasteiger partial charge in [0.05, 0.1) is 5.75 Å². The Morgan fingerprint density at radius 3 is 2.24 bits per heavy atom. The van der Waals surface area contributed by atoms with Gasteiger partial charge in [-0.15, -0.1) is 11.8 Å². The summed E-state index contributed by atoms with van der Waals surface area (Å²) in [5.41, 5.74) is 4.40. The highest BCUT2D eigenvalue weighted by molar-refractivity contribution is 7.99. The highest BCUT2D eigenvalue weighted by Crippen LogP contribution is 2.22. The molecule has 0 heterocycles. The van der Waals surface area contributed by atoms with Crippen LogP contribution >= 0.6 is 23.4 Å². The fraction of sp³-hybridized carbons (Fsp3) is 0.355. The van der Waals surface area contributed by atoms with Gasteiger partial charge in [-0.2, -0.15) is 0 Å². The third-order valence-corrected chi connectivity index (χ3v) is 8.09. The van der Waals surface area contributed by atoms with Crippen molar-refractivity contribution >= 4 is 35.2 Å². The molecule has 0 unspecified atom stereocenters. The standard InChI is InChI=1S/C31H35ClN2O2S/c1-23-11-13-26(14-12-23)21-37-22-30(35)34(20-25-15-17-27(32)18-16-25)29(19-24-7-3-2-4-8-24)31(36)33-28-9-5-6-10-28/h2-4,7-8,11-18,28-29H,5-6,9-10,19-22H2,1H3,(H,33,36)/t29-/m1/s1. The summed E-state index contributed by atoms with van der Waals surface area (Å²) in [6.07, 6.45) is 4.75. The lowest BCUT2D eigenvalue weighted by Crippen LogP contribution is -2.52. The molecule has 3 aromatic carbocycles. The summed E-state index contributed by atoms with van der Waals surface area (Å²) in [4.78, 5) is 29.2. The van der Waals surface area contributed by atoms with E-state index in [1.807, 2.05) is 54.6 Å². The summed E-state index contributed by atoms with van der Waals surface area (Å²) in [6.45, 7) is 2.43. The third-order valence-electron chi connectivity index (χ3n) is 6.85. The first-order valence-electron chi connectivity index (χ1n) is 13.0. The molecular weight excluding hydrogens is 500 g/mol. The van der Waals surface area contributed by atoms with Crippen LogP contribution in [0.1, 0.15) is 47.9 Å². The third kappa shape index (κ3) is 8.37. The average Bonchev–Trinajstić information content (AvgIpc) is 3.42. The lowest BCUT2D eigenvalue weighted by Gasteiger charge is -2.32. The number of benzene rings is 3. The number of hydrogen-bond donors (Lipinski definition) is 1. The molecule has 0 aromatic heterocycles. The summed E-state index contributed by atoms with van der Waals surface area (Å²) in [6, 6.07) is 25.5. The van der Waals surface area contributed by atoms with E-state index >= 15 is 0 Å². The van der Waals surface area contributed by atoms with Gasteiger partial charge in [-0.25, -0.2) is 0 Å². The molecule has 1 atom stereocenters. The van der Waals surface area contributed by atoms with E-state index in [4.69, 9.17) is 11.6 Å². The molecule has 1 fully saturated rings. The lowest BCUT2D eigenvalue weighted by molar-refractivity contribution is -0.139. The van der Waals surface area contributed by atoms with E-state index in [-0.39, 0.29) is 17.9 Å². The van der Waals surface area contributed by atoms with Crippen LogP contribution in [0.2, 0.25) is 5.02 Å². The second kappa shape index (κ2) is 13.7. The van der Waals surface area contributed by atoms with Crippen LogP contribution in [0.25, 0.3) is 0 Å². The Morgan fingerprint density at radius 2 is 1.57 bits per heavy atom. The number of amides is 2. The Hall–Kier alpha value is -2.76. The van der Waals surface area contributed by atoms with Gasteiger partial charge in [-0.05, 0) is 48.6 Å². The first-order valence-corrected chi connectivity index (χ1v) is 14.5. The molecule has 1 saturated carbocycles. The van der Waals surface area contributed by atoms with Crippen LogP contribution in [0.3, 0.4) is 0 Å². The van der Waals surface area contributed by atoms with Gasteiger partial charge in [0.15, 0.2) is 0 Å². The number of thioether (sulfide) groups is 1. The molecule has 2 amide bonds. The molecule has 37 heavy (non-hydrogen) atoms. The lowest BCUT2D eigenvalue weighted by atomic mass is 10.0. The number of halogens is 1. The zero-order chi connectivity index (χ0) is 26.0. The molecule has 1 N–H and O–H groups in total. The fourth-order valence-corrected chi connectivity index (χ4v) is 5.73. The molecule has 0 aliphatic heterocycles. The van der Waals surface area contributed by atoms with E-state index in [9.17, 15) is 9.59 Å². The van der Waals surface area contributed by atoms with Crippen molar-refractivity contribution in [3.8, 4) is 0 Å². The quantitative estimate of drug-likeness (QED) is 0.302. The van der Waals surface area contributed by atoms with E-state index < -0.39 is 6.04 Å². The van der Waals surface area contributed by atoms with Gasteiger partial charge < -0.3 is 10.2 Å². The Labute approximate surface area is 229 Å². The van der Waals surface area contributed by atoms with Gasteiger partial charge in [0.25, 0.3) is 0 Å². The van der Waals surface area contributed by atoms with E-state index in [1.165, 1.54) is 11.1 Å². The van der Waals surface area contributed by atoms with Gasteiger partial charge in [-0.1, -0.05) is 96.7 Å². The van der Waals surface area contributed by atoms with Crippen LogP contribution in [0.15, 0.2) is 78.9 Å². The van der Waals surface area contributed by atoms with Gasteiger partial charge in [0.1, 0.15) is 6.04 Å².